The van der Waals surface area contributed by atoms with Gasteiger partial charge in [0.15, 0.2) is 5.78 Å². The number of carbonyl (C=O) groups is 3. The maximum absolute atomic E-state index is 13.4. The highest BCUT2D eigenvalue weighted by molar-refractivity contribution is 6.12. The van der Waals surface area contributed by atoms with Crippen molar-refractivity contribution in [3.63, 3.8) is 0 Å². The molecule has 0 bridgehead atoms. The normalized spacial score (nSPS) is 13.5. The summed E-state index contributed by atoms with van der Waals surface area (Å²) in [6.07, 6.45) is -2.21. The van der Waals surface area contributed by atoms with E-state index in [9.17, 15) is 18.8 Å². The van der Waals surface area contributed by atoms with E-state index in [2.05, 4.69) is 11.9 Å². The summed E-state index contributed by atoms with van der Waals surface area (Å²) in [5, 5.41) is 13.5. The Labute approximate surface area is 190 Å². The van der Waals surface area contributed by atoms with E-state index in [1.807, 2.05) is 69.3 Å². The van der Waals surface area contributed by atoms with Crippen LogP contribution in [-0.2, 0) is 14.3 Å². The Kier molecular flexibility index (Phi) is 6.86. The largest absolute Gasteiger partial charge is 0.481 e. The second-order valence-electron chi connectivity index (χ2n) is 8.92. The van der Waals surface area contributed by atoms with Crippen LogP contribution in [0.3, 0.4) is 0 Å². The molecule has 2 aromatic carbocycles. The molecule has 3 rings (SSSR count). The number of carboxylic acid groups (broad SMARTS) is 1. The molecule has 33 heavy (non-hydrogen) atoms. The van der Waals surface area contributed by atoms with E-state index in [-0.39, 0.29) is 5.70 Å². The quantitative estimate of drug-likeness (QED) is 0.513. The number of hydrogen-bond donors (Lipinski definition) is 2. The summed E-state index contributed by atoms with van der Waals surface area (Å²) < 4.78 is 20.3. The summed E-state index contributed by atoms with van der Waals surface area (Å²) in [7, 11) is 0. The lowest BCUT2D eigenvalue weighted by molar-refractivity contribution is -0.139. The van der Waals surface area contributed by atoms with E-state index >= 15 is 0 Å². The second kappa shape index (κ2) is 9.44. The van der Waals surface area contributed by atoms with Crippen LogP contribution in [0.15, 0.2) is 60.8 Å². The van der Waals surface area contributed by atoms with Crippen molar-refractivity contribution in [2.24, 2.45) is 5.41 Å². The molecule has 0 saturated heterocycles. The summed E-state index contributed by atoms with van der Waals surface area (Å²) in [4.78, 5) is 36.4. The molecular formula is C25H27FN2O5. The van der Waals surface area contributed by atoms with Gasteiger partial charge in [-0.25, -0.2) is 13.8 Å². The number of alkyl halides is 1. The van der Waals surface area contributed by atoms with Crippen molar-refractivity contribution in [3.8, 4) is 0 Å². The highest BCUT2D eigenvalue weighted by Crippen LogP contribution is 2.31. The molecule has 174 valence electrons. The molecule has 3 aromatic rings. The summed E-state index contributed by atoms with van der Waals surface area (Å²) in [6.45, 7) is 8.00. The van der Waals surface area contributed by atoms with Gasteiger partial charge in [0.1, 0.15) is 12.8 Å². The molecule has 0 saturated carbocycles. The van der Waals surface area contributed by atoms with Gasteiger partial charge in [0, 0.05) is 21.9 Å². The zero-order chi connectivity index (χ0) is 24.3. The van der Waals surface area contributed by atoms with Gasteiger partial charge >= 0.3 is 12.1 Å². The van der Waals surface area contributed by atoms with E-state index < -0.39 is 48.5 Å². The van der Waals surface area contributed by atoms with Crippen molar-refractivity contribution < 1.29 is 28.6 Å². The Morgan fingerprint density at radius 2 is 1.58 bits per heavy atom. The molecular weight excluding hydrogens is 427 g/mol. The number of para-hydroxylation sites is 2. The van der Waals surface area contributed by atoms with Gasteiger partial charge in [0.2, 0.25) is 0 Å². The molecule has 0 amide bonds. The number of benzene rings is 2. The number of ether oxygens (including phenoxy) is 1. The third-order valence-electron chi connectivity index (χ3n) is 5.34. The number of halogens is 1. The molecule has 8 heteroatoms. The van der Waals surface area contributed by atoms with Gasteiger partial charge in [0.05, 0.1) is 23.5 Å². The predicted octanol–water partition coefficient (Wildman–Crippen LogP) is 4.68. The summed E-state index contributed by atoms with van der Waals surface area (Å²) >= 11 is 0. The van der Waals surface area contributed by atoms with Gasteiger partial charge in [0.25, 0.3) is 0 Å². The van der Waals surface area contributed by atoms with Gasteiger partial charge in [-0.3, -0.25) is 9.59 Å². The van der Waals surface area contributed by atoms with E-state index in [1.54, 1.807) is 0 Å². The zero-order valence-corrected chi connectivity index (χ0v) is 18.8. The van der Waals surface area contributed by atoms with Crippen LogP contribution >= 0.6 is 0 Å². The van der Waals surface area contributed by atoms with E-state index in [0.717, 1.165) is 10.8 Å². The second-order valence-corrected chi connectivity index (χ2v) is 8.92. The smallest absolute Gasteiger partial charge is 0.419 e. The van der Waals surface area contributed by atoms with Gasteiger partial charge in [-0.2, -0.15) is 0 Å². The fraction of sp³-hybridized carbons (Fsp3) is 0.320. The standard InChI is InChI=1S/C25H27FN2O5/c1-15(27-18(13-22(30)31)21(29)14-26)23(25(2,3)4)33-24(32)28-19-11-7-5-9-16(19)17-10-6-8-12-20(17)28/h5-12,18,23,27H,1,13-14H2,2-4H3,(H,30,31). The summed E-state index contributed by atoms with van der Waals surface area (Å²) in [5.74, 6) is -2.18. The molecule has 0 spiro atoms. The molecule has 0 aliphatic carbocycles. The highest BCUT2D eigenvalue weighted by atomic mass is 19.1. The van der Waals surface area contributed by atoms with Crippen molar-refractivity contribution in [3.05, 3.63) is 60.8 Å². The lowest BCUT2D eigenvalue weighted by Crippen LogP contribution is -2.45. The lowest BCUT2D eigenvalue weighted by Gasteiger charge is -2.33. The van der Waals surface area contributed by atoms with Crippen molar-refractivity contribution in [1.29, 1.82) is 0 Å². The van der Waals surface area contributed by atoms with Crippen LogP contribution in [0.4, 0.5) is 9.18 Å². The first kappa shape index (κ1) is 24.0. The average molecular weight is 454 g/mol. The minimum Gasteiger partial charge on any atom is -0.481 e. The first-order valence-corrected chi connectivity index (χ1v) is 10.5. The Bertz CT molecular complexity index is 1170. The number of nitrogens with zero attached hydrogens (tertiary/aromatic N) is 1. The number of aliphatic carboxylic acids is 1. The Hall–Kier alpha value is -3.68. The molecule has 0 aliphatic rings. The fourth-order valence-electron chi connectivity index (χ4n) is 3.86. The van der Waals surface area contributed by atoms with Crippen LogP contribution in [0, 0.1) is 5.41 Å². The number of fused-ring (bicyclic) bond motifs is 3. The molecule has 0 fully saturated rings. The lowest BCUT2D eigenvalue weighted by atomic mass is 9.87. The predicted molar refractivity (Wildman–Crippen MR) is 124 cm³/mol. The third kappa shape index (κ3) is 5.05. The first-order valence-electron chi connectivity index (χ1n) is 10.5. The number of hydrogen-bond acceptors (Lipinski definition) is 5. The van der Waals surface area contributed by atoms with Gasteiger partial charge in [-0.05, 0) is 12.1 Å². The minimum absolute atomic E-state index is 0.115. The molecule has 1 aromatic heterocycles. The van der Waals surface area contributed by atoms with Crippen LogP contribution in [0.5, 0.6) is 0 Å². The van der Waals surface area contributed by atoms with Gasteiger partial charge < -0.3 is 15.2 Å². The fourth-order valence-corrected chi connectivity index (χ4v) is 3.86. The van der Waals surface area contributed by atoms with Crippen molar-refractivity contribution in [2.45, 2.75) is 39.3 Å². The van der Waals surface area contributed by atoms with Crippen LogP contribution < -0.4 is 5.32 Å². The van der Waals surface area contributed by atoms with E-state index in [1.165, 1.54) is 4.57 Å². The molecule has 0 aliphatic heterocycles. The van der Waals surface area contributed by atoms with Gasteiger partial charge in [-0.15, -0.1) is 0 Å². The molecule has 7 nitrogen and oxygen atoms in total. The minimum atomic E-state index is -1.32. The van der Waals surface area contributed by atoms with Crippen LogP contribution in [0.2, 0.25) is 0 Å². The van der Waals surface area contributed by atoms with Crippen molar-refractivity contribution >= 4 is 39.7 Å². The third-order valence-corrected chi connectivity index (χ3v) is 5.34. The summed E-state index contributed by atoms with van der Waals surface area (Å²) in [6, 6.07) is 13.6. The number of nitrogens with one attached hydrogen (secondary N) is 1. The maximum atomic E-state index is 13.4. The number of ketones is 1. The number of aromatic nitrogens is 1. The Morgan fingerprint density at radius 1 is 1.06 bits per heavy atom. The highest BCUT2D eigenvalue weighted by Gasteiger charge is 2.34. The van der Waals surface area contributed by atoms with Crippen LogP contribution in [-0.4, -0.2) is 46.3 Å². The van der Waals surface area contributed by atoms with Crippen LogP contribution in [0.25, 0.3) is 21.8 Å². The topological polar surface area (TPSA) is 97.6 Å². The summed E-state index contributed by atoms with van der Waals surface area (Å²) in [5.41, 5.74) is 0.799. The van der Waals surface area contributed by atoms with E-state index in [0.29, 0.717) is 11.0 Å². The molecule has 0 radical (unpaired) electrons. The SMILES string of the molecule is C=C(NC(CC(=O)O)C(=O)CF)C(OC(=O)n1c2ccccc2c2ccccc21)C(C)(C)C. The number of carbonyl (C=O) groups excluding carboxylic acids is 2. The zero-order valence-electron chi connectivity index (χ0n) is 18.8. The number of Topliss-reactive ketones (excluding diaryl/α,β-unsaturated/α-hetero) is 1. The molecule has 1 heterocycles. The Morgan fingerprint density at radius 3 is 2.03 bits per heavy atom. The number of carboxylic acids is 1. The van der Waals surface area contributed by atoms with Crippen molar-refractivity contribution in [1.82, 2.24) is 9.88 Å². The average Bonchev–Trinajstić information content (AvgIpc) is 3.09. The van der Waals surface area contributed by atoms with E-state index in [4.69, 9.17) is 9.84 Å². The van der Waals surface area contributed by atoms with Crippen molar-refractivity contribution in [2.75, 3.05) is 6.67 Å². The Balaban J connectivity index is 1.96. The van der Waals surface area contributed by atoms with Crippen LogP contribution in [0.1, 0.15) is 27.2 Å². The number of rotatable bonds is 8. The maximum Gasteiger partial charge on any atom is 0.419 e. The monoisotopic (exact) mass is 454 g/mol. The first-order chi connectivity index (χ1) is 15.5. The molecule has 2 N–H and O–H groups in total. The molecule has 2 unspecified atom stereocenters. The van der Waals surface area contributed by atoms with Gasteiger partial charge in [-0.1, -0.05) is 63.7 Å². The molecule has 2 atom stereocenters.